The van der Waals surface area contributed by atoms with E-state index in [1.807, 2.05) is 6.07 Å². The lowest BCUT2D eigenvalue weighted by Gasteiger charge is -2.64. The smallest absolute Gasteiger partial charge is 0.405 e. The third-order valence-electron chi connectivity index (χ3n) is 8.76. The van der Waals surface area contributed by atoms with E-state index < -0.39 is 6.04 Å². The standard InChI is InChI=1S/C26H42BN3O3/c1-25(2)19-15-22(25)26(3)23(16-19)32-27(33-26)17-20(13-12-18-9-5-4-6-10-18)30-24(31)21(29)11-7-8-14-28/h4-6,9-10,19-23H,7-8,11-17,28-29H2,1-3H3,(H,30,31)/t19?,20-,21+,22?,23?,26-/m1/s1. The quantitative estimate of drug-likeness (QED) is 0.351. The Hall–Kier alpha value is -1.41. The van der Waals surface area contributed by atoms with Crippen LogP contribution in [-0.2, 0) is 20.5 Å². The lowest BCUT2D eigenvalue weighted by atomic mass is 9.43. The molecule has 6 nitrogen and oxygen atoms in total. The number of carbonyl (C=O) groups excluding carboxylic acids is 1. The Labute approximate surface area is 199 Å². The van der Waals surface area contributed by atoms with E-state index in [4.69, 9.17) is 20.8 Å². The Morgan fingerprint density at radius 3 is 2.64 bits per heavy atom. The summed E-state index contributed by atoms with van der Waals surface area (Å²) in [5.74, 6) is 1.17. The van der Waals surface area contributed by atoms with Crippen molar-refractivity contribution in [2.75, 3.05) is 6.54 Å². The van der Waals surface area contributed by atoms with Crippen LogP contribution in [0.4, 0.5) is 0 Å². The predicted octanol–water partition coefficient (Wildman–Crippen LogP) is 3.29. The molecule has 3 aliphatic carbocycles. The number of nitrogens with two attached hydrogens (primary N) is 2. The third-order valence-corrected chi connectivity index (χ3v) is 8.76. The van der Waals surface area contributed by atoms with E-state index in [-0.39, 0.29) is 30.8 Å². The first-order valence-electron chi connectivity index (χ1n) is 12.9. The highest BCUT2D eigenvalue weighted by molar-refractivity contribution is 6.45. The predicted molar refractivity (Wildman–Crippen MR) is 132 cm³/mol. The molecule has 6 atom stereocenters. The molecule has 33 heavy (non-hydrogen) atoms. The maximum Gasteiger partial charge on any atom is 0.459 e. The molecule has 1 amide bonds. The summed E-state index contributed by atoms with van der Waals surface area (Å²) >= 11 is 0. The van der Waals surface area contributed by atoms with Crippen molar-refractivity contribution in [1.29, 1.82) is 0 Å². The molecule has 0 radical (unpaired) electrons. The van der Waals surface area contributed by atoms with Crippen molar-refractivity contribution in [3.8, 4) is 0 Å². The Morgan fingerprint density at radius 2 is 1.94 bits per heavy atom. The average Bonchev–Trinajstić information content (AvgIpc) is 3.13. The molecule has 4 fully saturated rings. The lowest BCUT2D eigenvalue weighted by Crippen LogP contribution is -2.65. The monoisotopic (exact) mass is 455 g/mol. The van der Waals surface area contributed by atoms with Crippen molar-refractivity contribution >= 4 is 13.0 Å². The van der Waals surface area contributed by atoms with Crippen LogP contribution in [0.5, 0.6) is 0 Å². The highest BCUT2D eigenvalue weighted by Gasteiger charge is 2.67. The third kappa shape index (κ3) is 5.17. The van der Waals surface area contributed by atoms with Gasteiger partial charge in [0.25, 0.3) is 0 Å². The number of benzene rings is 1. The van der Waals surface area contributed by atoms with Gasteiger partial charge >= 0.3 is 7.12 Å². The molecule has 4 aliphatic rings. The van der Waals surface area contributed by atoms with Crippen molar-refractivity contribution in [2.24, 2.45) is 28.7 Å². The molecule has 0 aromatic heterocycles. The normalized spacial score (nSPS) is 31.4. The highest BCUT2D eigenvalue weighted by atomic mass is 16.7. The molecule has 2 bridgehead atoms. The number of unbranched alkanes of at least 4 members (excludes halogenated alkanes) is 1. The van der Waals surface area contributed by atoms with Crippen LogP contribution in [0.3, 0.4) is 0 Å². The molecule has 1 aromatic rings. The molecule has 3 saturated carbocycles. The molecule has 3 unspecified atom stereocenters. The Morgan fingerprint density at radius 1 is 1.18 bits per heavy atom. The van der Waals surface area contributed by atoms with Gasteiger partial charge in [0.2, 0.25) is 5.91 Å². The van der Waals surface area contributed by atoms with Gasteiger partial charge in [-0.1, -0.05) is 50.6 Å². The van der Waals surface area contributed by atoms with Gasteiger partial charge in [-0.25, -0.2) is 0 Å². The van der Waals surface area contributed by atoms with Crippen molar-refractivity contribution < 1.29 is 14.1 Å². The molecule has 1 saturated heterocycles. The minimum Gasteiger partial charge on any atom is -0.405 e. The van der Waals surface area contributed by atoms with Gasteiger partial charge < -0.3 is 26.1 Å². The van der Waals surface area contributed by atoms with Crippen LogP contribution in [-0.4, -0.2) is 43.4 Å². The number of carbonyl (C=O) groups is 1. The van der Waals surface area contributed by atoms with E-state index >= 15 is 0 Å². The zero-order valence-corrected chi connectivity index (χ0v) is 20.6. The van der Waals surface area contributed by atoms with E-state index in [1.165, 1.54) is 12.0 Å². The zero-order valence-electron chi connectivity index (χ0n) is 20.6. The van der Waals surface area contributed by atoms with Crippen LogP contribution >= 0.6 is 0 Å². The van der Waals surface area contributed by atoms with Gasteiger partial charge in [0.1, 0.15) is 0 Å². The summed E-state index contributed by atoms with van der Waals surface area (Å²) in [5.41, 5.74) is 13.1. The van der Waals surface area contributed by atoms with E-state index in [0.717, 1.165) is 38.0 Å². The number of amides is 1. The first kappa shape index (κ1) is 24.7. The topological polar surface area (TPSA) is 99.6 Å². The largest absolute Gasteiger partial charge is 0.459 e. The summed E-state index contributed by atoms with van der Waals surface area (Å²) in [6.45, 7) is 7.62. The van der Waals surface area contributed by atoms with Crippen LogP contribution in [0.25, 0.3) is 0 Å². The van der Waals surface area contributed by atoms with E-state index in [0.29, 0.717) is 30.6 Å². The minimum atomic E-state index is -0.505. The summed E-state index contributed by atoms with van der Waals surface area (Å²) in [6, 6.07) is 9.84. The molecule has 7 heteroatoms. The maximum atomic E-state index is 12.8. The Kier molecular flexibility index (Phi) is 7.54. The molecule has 182 valence electrons. The summed E-state index contributed by atoms with van der Waals surface area (Å²) < 4.78 is 13.1. The van der Waals surface area contributed by atoms with E-state index in [9.17, 15) is 4.79 Å². The molecule has 1 aromatic carbocycles. The number of hydrogen-bond acceptors (Lipinski definition) is 5. The molecular formula is C26H42BN3O3. The first-order valence-corrected chi connectivity index (χ1v) is 12.9. The highest BCUT2D eigenvalue weighted by Crippen LogP contribution is 2.65. The number of rotatable bonds is 11. The molecule has 5 N–H and O–H groups in total. The second-order valence-corrected chi connectivity index (χ2v) is 11.3. The van der Waals surface area contributed by atoms with Crippen LogP contribution in [0.15, 0.2) is 30.3 Å². The molecule has 0 spiro atoms. The second-order valence-electron chi connectivity index (χ2n) is 11.3. The minimum absolute atomic E-state index is 0.0463. The van der Waals surface area contributed by atoms with Crippen molar-refractivity contribution in [2.45, 2.75) is 95.8 Å². The molecule has 1 heterocycles. The van der Waals surface area contributed by atoms with Crippen LogP contribution in [0.1, 0.15) is 64.9 Å². The van der Waals surface area contributed by atoms with Crippen molar-refractivity contribution in [3.05, 3.63) is 35.9 Å². The van der Waals surface area contributed by atoms with Crippen molar-refractivity contribution in [3.63, 3.8) is 0 Å². The summed E-state index contributed by atoms with van der Waals surface area (Å²) in [4.78, 5) is 12.8. The fraction of sp³-hybridized carbons (Fsp3) is 0.731. The van der Waals surface area contributed by atoms with Crippen LogP contribution in [0, 0.1) is 17.3 Å². The number of nitrogens with one attached hydrogen (secondary N) is 1. The summed E-state index contributed by atoms with van der Waals surface area (Å²) in [5, 5.41) is 3.22. The molecular weight excluding hydrogens is 413 g/mol. The van der Waals surface area contributed by atoms with Gasteiger partial charge in [-0.2, -0.15) is 0 Å². The fourth-order valence-corrected chi connectivity index (χ4v) is 6.47. The van der Waals surface area contributed by atoms with Gasteiger partial charge in [-0.15, -0.1) is 0 Å². The van der Waals surface area contributed by atoms with Crippen molar-refractivity contribution in [1.82, 2.24) is 5.32 Å². The fourth-order valence-electron chi connectivity index (χ4n) is 6.47. The maximum absolute atomic E-state index is 12.8. The second kappa shape index (κ2) is 10.1. The Bertz CT molecular complexity index is 807. The van der Waals surface area contributed by atoms with E-state index in [2.05, 4.69) is 50.4 Å². The molecule has 1 aliphatic heterocycles. The molecule has 5 rings (SSSR count). The lowest BCUT2D eigenvalue weighted by molar-refractivity contribution is -0.199. The van der Waals surface area contributed by atoms with E-state index in [1.54, 1.807) is 0 Å². The van der Waals surface area contributed by atoms with Gasteiger partial charge in [0.15, 0.2) is 0 Å². The first-order chi connectivity index (χ1) is 15.7. The van der Waals surface area contributed by atoms with Gasteiger partial charge in [-0.05, 0) is 74.8 Å². The zero-order chi connectivity index (χ0) is 23.6. The SMILES string of the molecule is CC1(C)C2CC3OB(C[C@@H](CCc4ccccc4)NC(=O)[C@@H](N)CCCCN)O[C@]3(C)C1C2. The van der Waals surface area contributed by atoms with Gasteiger partial charge in [-0.3, -0.25) is 4.79 Å². The average molecular weight is 455 g/mol. The van der Waals surface area contributed by atoms with Crippen LogP contribution in [0.2, 0.25) is 6.32 Å². The summed E-state index contributed by atoms with van der Waals surface area (Å²) in [6.07, 6.45) is 7.25. The van der Waals surface area contributed by atoms with Gasteiger partial charge in [0, 0.05) is 12.4 Å². The van der Waals surface area contributed by atoms with Crippen LogP contribution < -0.4 is 16.8 Å². The Balaban J connectivity index is 1.38. The number of aryl methyl sites for hydroxylation is 1. The summed E-state index contributed by atoms with van der Waals surface area (Å²) in [7, 11) is -0.287. The van der Waals surface area contributed by atoms with Gasteiger partial charge in [0.05, 0.1) is 17.7 Å². The number of hydrogen-bond donors (Lipinski definition) is 3.